The Morgan fingerprint density at radius 1 is 1.35 bits per heavy atom. The molecule has 8 heteroatoms. The first-order valence-corrected chi connectivity index (χ1v) is 6.64. The molecule has 1 amide bonds. The Morgan fingerprint density at radius 2 is 2.20 bits per heavy atom. The van der Waals surface area contributed by atoms with Gasteiger partial charge in [-0.3, -0.25) is 4.79 Å². The molecule has 0 aliphatic rings. The summed E-state index contributed by atoms with van der Waals surface area (Å²) in [5.74, 6) is 1.16. The second-order valence-corrected chi connectivity index (χ2v) is 4.27. The lowest BCUT2D eigenvalue weighted by Crippen LogP contribution is -2.26. The average Bonchev–Trinajstić information content (AvgIpc) is 2.93. The standard InChI is InChI=1S/C12H19N7O/c1-3-5-14-8(20)4-6-15-10-9-11(17-7-16-9)19-12(13-2)18-10/h7H,3-6H2,1-2H3,(H,14,20)(H3,13,15,16,17,18,19). The summed E-state index contributed by atoms with van der Waals surface area (Å²) in [6.07, 6.45) is 2.90. The van der Waals surface area contributed by atoms with Crippen molar-refractivity contribution in [2.75, 3.05) is 30.8 Å². The van der Waals surface area contributed by atoms with E-state index in [0.29, 0.717) is 36.9 Å². The van der Waals surface area contributed by atoms with E-state index in [1.54, 1.807) is 13.4 Å². The van der Waals surface area contributed by atoms with E-state index < -0.39 is 0 Å². The van der Waals surface area contributed by atoms with Crippen LogP contribution in [-0.2, 0) is 4.79 Å². The lowest BCUT2D eigenvalue weighted by molar-refractivity contribution is -0.120. The first-order valence-electron chi connectivity index (χ1n) is 6.64. The van der Waals surface area contributed by atoms with Gasteiger partial charge in [0, 0.05) is 26.6 Å². The van der Waals surface area contributed by atoms with Gasteiger partial charge in [0.15, 0.2) is 11.5 Å². The minimum Gasteiger partial charge on any atom is -0.368 e. The average molecular weight is 277 g/mol. The van der Waals surface area contributed by atoms with Crippen molar-refractivity contribution >= 4 is 28.8 Å². The summed E-state index contributed by atoms with van der Waals surface area (Å²) in [6, 6.07) is 0. The Morgan fingerprint density at radius 3 is 2.95 bits per heavy atom. The van der Waals surface area contributed by atoms with Gasteiger partial charge in [-0.2, -0.15) is 9.97 Å². The summed E-state index contributed by atoms with van der Waals surface area (Å²) in [5.41, 5.74) is 1.32. The number of carbonyl (C=O) groups is 1. The van der Waals surface area contributed by atoms with Crippen LogP contribution in [0.15, 0.2) is 6.33 Å². The van der Waals surface area contributed by atoms with Crippen LogP contribution in [0.25, 0.3) is 11.2 Å². The van der Waals surface area contributed by atoms with Crippen molar-refractivity contribution in [1.82, 2.24) is 25.3 Å². The fourth-order valence-electron chi connectivity index (χ4n) is 1.72. The van der Waals surface area contributed by atoms with Gasteiger partial charge in [-0.05, 0) is 6.42 Å². The minimum absolute atomic E-state index is 0.0306. The van der Waals surface area contributed by atoms with E-state index in [1.807, 2.05) is 6.92 Å². The number of imidazole rings is 1. The van der Waals surface area contributed by atoms with E-state index in [9.17, 15) is 4.79 Å². The predicted octanol–water partition coefficient (Wildman–Crippen LogP) is 0.723. The molecule has 0 saturated heterocycles. The van der Waals surface area contributed by atoms with Gasteiger partial charge < -0.3 is 20.9 Å². The molecule has 2 aromatic rings. The van der Waals surface area contributed by atoms with Crippen molar-refractivity contribution in [1.29, 1.82) is 0 Å². The molecule has 8 nitrogen and oxygen atoms in total. The Hall–Kier alpha value is -2.38. The summed E-state index contributed by atoms with van der Waals surface area (Å²) < 4.78 is 0. The number of aromatic nitrogens is 4. The van der Waals surface area contributed by atoms with Crippen molar-refractivity contribution in [3.63, 3.8) is 0 Å². The second kappa shape index (κ2) is 6.69. The molecule has 0 aliphatic carbocycles. The van der Waals surface area contributed by atoms with Crippen LogP contribution < -0.4 is 16.0 Å². The monoisotopic (exact) mass is 277 g/mol. The van der Waals surface area contributed by atoms with Crippen LogP contribution in [0.4, 0.5) is 11.8 Å². The molecule has 2 aromatic heterocycles. The summed E-state index contributed by atoms with van der Waals surface area (Å²) >= 11 is 0. The van der Waals surface area contributed by atoms with E-state index in [2.05, 4.69) is 35.9 Å². The zero-order valence-corrected chi connectivity index (χ0v) is 11.7. The van der Waals surface area contributed by atoms with Gasteiger partial charge in [-0.15, -0.1) is 0 Å². The number of nitrogens with one attached hydrogen (secondary N) is 4. The van der Waals surface area contributed by atoms with Gasteiger partial charge in [0.1, 0.15) is 5.52 Å². The molecule has 2 rings (SSSR count). The van der Waals surface area contributed by atoms with E-state index in [4.69, 9.17) is 0 Å². The highest BCUT2D eigenvalue weighted by Crippen LogP contribution is 2.18. The molecule has 0 radical (unpaired) electrons. The number of aromatic amines is 1. The lowest BCUT2D eigenvalue weighted by atomic mass is 10.3. The molecule has 2 heterocycles. The molecular formula is C12H19N7O. The molecule has 108 valence electrons. The maximum absolute atomic E-state index is 11.5. The molecule has 0 saturated carbocycles. The number of rotatable bonds is 7. The van der Waals surface area contributed by atoms with E-state index in [1.165, 1.54) is 0 Å². The third-order valence-corrected chi connectivity index (χ3v) is 2.73. The quantitative estimate of drug-likeness (QED) is 0.594. The Balaban J connectivity index is 1.98. The SMILES string of the molecule is CCCNC(=O)CCNc1nc(NC)nc2nc[nH]c12. The van der Waals surface area contributed by atoms with Gasteiger partial charge in [0.05, 0.1) is 6.33 Å². The molecular weight excluding hydrogens is 258 g/mol. The maximum atomic E-state index is 11.5. The van der Waals surface area contributed by atoms with Crippen LogP contribution in [0, 0.1) is 0 Å². The number of hydrogen-bond acceptors (Lipinski definition) is 6. The van der Waals surface area contributed by atoms with Crippen LogP contribution >= 0.6 is 0 Å². The van der Waals surface area contributed by atoms with Crippen molar-refractivity contribution in [3.8, 4) is 0 Å². The highest BCUT2D eigenvalue weighted by atomic mass is 16.1. The number of nitrogens with zero attached hydrogens (tertiary/aromatic N) is 3. The predicted molar refractivity (Wildman–Crippen MR) is 77.6 cm³/mol. The summed E-state index contributed by atoms with van der Waals surface area (Å²) in [5, 5.41) is 8.84. The number of carbonyl (C=O) groups excluding carboxylic acids is 1. The Kier molecular flexibility index (Phi) is 4.70. The molecule has 0 spiro atoms. The van der Waals surface area contributed by atoms with Gasteiger partial charge in [0.25, 0.3) is 0 Å². The minimum atomic E-state index is 0.0306. The molecule has 0 bridgehead atoms. The number of hydrogen-bond donors (Lipinski definition) is 4. The van der Waals surface area contributed by atoms with Gasteiger partial charge in [0.2, 0.25) is 11.9 Å². The highest BCUT2D eigenvalue weighted by molar-refractivity contribution is 5.84. The normalized spacial score (nSPS) is 10.5. The van der Waals surface area contributed by atoms with Crippen molar-refractivity contribution in [2.45, 2.75) is 19.8 Å². The fourth-order valence-corrected chi connectivity index (χ4v) is 1.72. The topological polar surface area (TPSA) is 108 Å². The molecule has 20 heavy (non-hydrogen) atoms. The number of H-pyrrole nitrogens is 1. The summed E-state index contributed by atoms with van der Waals surface area (Å²) in [6.45, 7) is 3.23. The summed E-state index contributed by atoms with van der Waals surface area (Å²) in [7, 11) is 1.75. The van der Waals surface area contributed by atoms with E-state index in [-0.39, 0.29) is 5.91 Å². The van der Waals surface area contributed by atoms with Gasteiger partial charge in [-0.25, -0.2) is 4.98 Å². The third kappa shape index (κ3) is 3.34. The van der Waals surface area contributed by atoms with Crippen LogP contribution in [-0.4, -0.2) is 46.0 Å². The van der Waals surface area contributed by atoms with Gasteiger partial charge >= 0.3 is 0 Å². The van der Waals surface area contributed by atoms with E-state index in [0.717, 1.165) is 11.9 Å². The summed E-state index contributed by atoms with van der Waals surface area (Å²) in [4.78, 5) is 27.1. The fraction of sp³-hybridized carbons (Fsp3) is 0.500. The maximum Gasteiger partial charge on any atom is 0.226 e. The van der Waals surface area contributed by atoms with Crippen LogP contribution in [0.1, 0.15) is 19.8 Å². The lowest BCUT2D eigenvalue weighted by Gasteiger charge is -2.08. The van der Waals surface area contributed by atoms with Crippen LogP contribution in [0.5, 0.6) is 0 Å². The largest absolute Gasteiger partial charge is 0.368 e. The number of amides is 1. The Bertz CT molecular complexity index is 580. The first-order chi connectivity index (χ1) is 9.74. The molecule has 0 aromatic carbocycles. The molecule has 0 fully saturated rings. The third-order valence-electron chi connectivity index (χ3n) is 2.73. The molecule has 0 unspecified atom stereocenters. The number of fused-ring (bicyclic) bond motifs is 1. The zero-order chi connectivity index (χ0) is 14.4. The highest BCUT2D eigenvalue weighted by Gasteiger charge is 2.09. The van der Waals surface area contributed by atoms with Crippen molar-refractivity contribution in [3.05, 3.63) is 6.33 Å². The van der Waals surface area contributed by atoms with Crippen LogP contribution in [0.3, 0.4) is 0 Å². The molecule has 0 atom stereocenters. The Labute approximate surface area is 116 Å². The molecule has 0 aliphatic heterocycles. The zero-order valence-electron chi connectivity index (χ0n) is 11.7. The second-order valence-electron chi connectivity index (χ2n) is 4.27. The van der Waals surface area contributed by atoms with Crippen LogP contribution in [0.2, 0.25) is 0 Å². The van der Waals surface area contributed by atoms with Crippen molar-refractivity contribution < 1.29 is 4.79 Å². The number of anilines is 2. The van der Waals surface area contributed by atoms with Crippen molar-refractivity contribution in [2.24, 2.45) is 0 Å². The van der Waals surface area contributed by atoms with Gasteiger partial charge in [-0.1, -0.05) is 6.92 Å². The van der Waals surface area contributed by atoms with E-state index >= 15 is 0 Å². The smallest absolute Gasteiger partial charge is 0.226 e. The first kappa shape index (κ1) is 14.0. The molecule has 4 N–H and O–H groups in total.